The van der Waals surface area contributed by atoms with Crippen molar-refractivity contribution in [3.05, 3.63) is 45.0 Å². The van der Waals surface area contributed by atoms with Crippen LogP contribution in [-0.2, 0) is 0 Å². The molecule has 0 spiro atoms. The van der Waals surface area contributed by atoms with Gasteiger partial charge in [0.2, 0.25) is 0 Å². The van der Waals surface area contributed by atoms with Crippen molar-refractivity contribution in [3.63, 3.8) is 0 Å². The number of thiophene rings is 1. The Morgan fingerprint density at radius 1 is 1.32 bits per heavy atom. The molecule has 1 aromatic carbocycles. The summed E-state index contributed by atoms with van der Waals surface area (Å²) >= 11 is 0.439. The van der Waals surface area contributed by atoms with Crippen molar-refractivity contribution in [2.45, 2.75) is 6.85 Å². The predicted molar refractivity (Wildman–Crippen MR) is 92.0 cm³/mol. The average molecular weight is 329 g/mol. The Hall–Kier alpha value is -1.85. The van der Waals surface area contributed by atoms with E-state index in [1.807, 2.05) is 0 Å². The number of nitrogens with zero attached hydrogens (tertiary/aromatic N) is 3. The molecule has 22 heavy (non-hydrogen) atoms. The van der Waals surface area contributed by atoms with Crippen LogP contribution in [0.1, 0.15) is 26.8 Å². The maximum atomic E-state index is 8.61. The predicted octanol–water partition coefficient (Wildman–Crippen LogP) is 1.75. The zero-order chi connectivity index (χ0) is 29.1. The van der Waals surface area contributed by atoms with Crippen molar-refractivity contribution in [2.75, 3.05) is 38.4 Å². The summed E-state index contributed by atoms with van der Waals surface area (Å²) in [6.07, 6.45) is 0. The van der Waals surface area contributed by atoms with E-state index in [-0.39, 0.29) is 14.5 Å². The van der Waals surface area contributed by atoms with Gasteiger partial charge in [-0.3, -0.25) is 0 Å². The Morgan fingerprint density at radius 3 is 2.95 bits per heavy atom. The van der Waals surface area contributed by atoms with E-state index in [4.69, 9.17) is 21.9 Å². The molecule has 3 heterocycles. The topological polar surface area (TPSA) is 30.9 Å². The molecule has 0 radical (unpaired) electrons. The quantitative estimate of drug-likeness (QED) is 0.865. The minimum Gasteiger partial charge on any atom is -0.355 e. The lowest BCUT2D eigenvalue weighted by molar-refractivity contribution is 0.206. The molecule has 114 valence electrons. The third-order valence-electron chi connectivity index (χ3n) is 2.90. The summed E-state index contributed by atoms with van der Waals surface area (Å²) in [4.78, 5) is 3.96. The minimum atomic E-state index is -3.39. The highest BCUT2D eigenvalue weighted by atomic mass is 32.1. The molecule has 2 aliphatic heterocycles. The number of para-hydroxylation sites is 2. The summed E-state index contributed by atoms with van der Waals surface area (Å²) in [5.41, 5.74) is -0.914. The lowest BCUT2D eigenvalue weighted by Crippen LogP contribution is -2.47. The van der Waals surface area contributed by atoms with Crippen molar-refractivity contribution >= 4 is 28.5 Å². The molecule has 1 saturated heterocycles. The Morgan fingerprint density at radius 2 is 2.14 bits per heavy atom. The van der Waals surface area contributed by atoms with E-state index in [0.717, 1.165) is 7.05 Å². The molecule has 0 unspecified atom stereocenters. The molecule has 0 amide bonds. The zero-order valence-electron chi connectivity index (χ0n) is 27.2. The maximum Gasteiger partial charge on any atom is 0.127 e. The van der Waals surface area contributed by atoms with Crippen molar-refractivity contribution in [3.8, 4) is 0 Å². The standard InChI is InChI=1S/C17H20N4S/c1-12-11-13-16(21-9-7-20(2)8-10-21)18-14-5-3-4-6-15(14)19-17(13)22-12/h3-6,11,18H,7-10H2,1-2H3/i1D3,3D,4D,5D,6D,7D2,8D2,9D2,10D2,11D. The van der Waals surface area contributed by atoms with Crippen molar-refractivity contribution < 1.29 is 21.9 Å². The lowest BCUT2D eigenvalue weighted by atomic mass is 10.2. The van der Waals surface area contributed by atoms with Crippen LogP contribution in [0.2, 0.25) is 0 Å². The summed E-state index contributed by atoms with van der Waals surface area (Å²) in [5, 5.41) is 1.95. The maximum absolute atomic E-state index is 8.61. The van der Waals surface area contributed by atoms with Crippen molar-refractivity contribution in [2.24, 2.45) is 4.99 Å². The molecule has 0 atom stereocenters. The highest BCUT2D eigenvalue weighted by molar-refractivity contribution is 7.09. The van der Waals surface area contributed by atoms with Gasteiger partial charge in [-0.15, -0.1) is 11.3 Å². The van der Waals surface area contributed by atoms with Crippen LogP contribution in [0.5, 0.6) is 0 Å². The van der Waals surface area contributed by atoms with Gasteiger partial charge in [0.05, 0.1) is 28.9 Å². The molecule has 0 saturated carbocycles. The van der Waals surface area contributed by atoms with Crippen LogP contribution < -0.4 is 15.2 Å². The number of benzene rings is 1. The number of fused-ring (bicyclic) bond motifs is 2. The van der Waals surface area contributed by atoms with Gasteiger partial charge < -0.3 is 15.1 Å². The number of nitrogens with one attached hydrogen (secondary N) is 1. The Labute approximate surface area is 156 Å². The summed E-state index contributed by atoms with van der Waals surface area (Å²) in [6, 6.07) is -3.55. The molecular weight excluding hydrogens is 292 g/mol. The zero-order valence-corrected chi connectivity index (χ0v) is 12.1. The van der Waals surface area contributed by atoms with Gasteiger partial charge >= 0.3 is 0 Å². The van der Waals surface area contributed by atoms with Crippen LogP contribution in [0.15, 0.2) is 35.2 Å². The van der Waals surface area contributed by atoms with Crippen LogP contribution in [0.4, 0.5) is 11.4 Å². The summed E-state index contributed by atoms with van der Waals surface area (Å²) in [7, 11) is 0.859. The van der Waals surface area contributed by atoms with Gasteiger partial charge in [0, 0.05) is 40.5 Å². The first-order valence-electron chi connectivity index (χ1n) is 14.2. The SMILES string of the molecule is [2H]c1c([2H])c([2H])c2c(c1[2H])N=c1sc(C([2H])([2H])[2H])c([2H])c1=C(N1C([2H])([2H])C([2H])([2H])N(C)C([2H])([2H])C1([2H])[2H])N2. The Kier molecular flexibility index (Phi) is 1.19. The van der Waals surface area contributed by atoms with Crippen LogP contribution in [0, 0.1) is 6.85 Å². The molecule has 2 aliphatic rings. The third kappa shape index (κ3) is 2.40. The molecule has 1 N–H and O–H groups in total. The summed E-state index contributed by atoms with van der Waals surface area (Å²) in [5.74, 6) is -0.819. The van der Waals surface area contributed by atoms with E-state index in [2.05, 4.69) is 10.3 Å². The normalized spacial score (nSPS) is 38.4. The van der Waals surface area contributed by atoms with E-state index >= 15 is 0 Å². The van der Waals surface area contributed by atoms with Gasteiger partial charge in [0.1, 0.15) is 10.5 Å². The molecule has 5 heteroatoms. The van der Waals surface area contributed by atoms with E-state index in [1.54, 1.807) is 0 Å². The smallest absolute Gasteiger partial charge is 0.127 e. The highest BCUT2D eigenvalue weighted by Gasteiger charge is 2.20. The molecule has 4 nitrogen and oxygen atoms in total. The molecule has 0 bridgehead atoms. The van der Waals surface area contributed by atoms with Crippen molar-refractivity contribution in [1.29, 1.82) is 0 Å². The average Bonchev–Trinajstić information content (AvgIpc) is 3.02. The second-order valence-electron chi connectivity index (χ2n) is 4.39. The van der Waals surface area contributed by atoms with Gasteiger partial charge in [-0.1, -0.05) is 12.1 Å². The fourth-order valence-corrected chi connectivity index (χ4v) is 2.66. The lowest BCUT2D eigenvalue weighted by Gasteiger charge is -2.35. The monoisotopic (exact) mass is 328 g/mol. The molecule has 2 aromatic rings. The number of piperazine rings is 1. The van der Waals surface area contributed by atoms with E-state index < -0.39 is 90.3 Å². The number of hydrogen-bond donors (Lipinski definition) is 1. The van der Waals surface area contributed by atoms with Crippen molar-refractivity contribution in [1.82, 2.24) is 9.80 Å². The van der Waals surface area contributed by atoms with E-state index in [0.29, 0.717) is 11.3 Å². The fraction of sp³-hybridized carbons (Fsp3) is 0.353. The molecule has 4 rings (SSSR count). The number of anilines is 1. The van der Waals surface area contributed by atoms with E-state index in [1.165, 1.54) is 0 Å². The van der Waals surface area contributed by atoms with E-state index in [9.17, 15) is 0 Å². The van der Waals surface area contributed by atoms with Crippen LogP contribution in [0.25, 0.3) is 5.82 Å². The number of hydrogen-bond acceptors (Lipinski definition) is 5. The first-order valence-corrected chi connectivity index (χ1v) is 6.99. The van der Waals surface area contributed by atoms with Gasteiger partial charge in [-0.25, -0.2) is 4.99 Å². The number of rotatable bonds is 1. The largest absolute Gasteiger partial charge is 0.355 e. The second kappa shape index (κ2) is 5.41. The molecular formula is C17H20N4S. The molecule has 0 aliphatic carbocycles. The molecule has 1 aromatic heterocycles. The third-order valence-corrected chi connectivity index (χ3v) is 3.69. The first kappa shape index (κ1) is 4.82. The minimum absolute atomic E-state index is 0.0821. The fourth-order valence-electron chi connectivity index (χ4n) is 1.93. The van der Waals surface area contributed by atoms with Gasteiger partial charge in [0.25, 0.3) is 0 Å². The van der Waals surface area contributed by atoms with Gasteiger partial charge in [0.15, 0.2) is 0 Å². The second-order valence-corrected chi connectivity index (χ2v) is 5.39. The van der Waals surface area contributed by atoms with Crippen LogP contribution in [0.3, 0.4) is 0 Å². The number of aryl methyl sites for hydroxylation is 1. The number of likely N-dealkylation sites (N-methyl/N-ethyl adjacent to an activating group) is 1. The van der Waals surface area contributed by atoms with Crippen LogP contribution >= 0.6 is 11.3 Å². The molecule has 1 fully saturated rings. The summed E-state index contributed by atoms with van der Waals surface area (Å²) < 4.78 is 132. The Balaban J connectivity index is 2.24. The Bertz CT molecular complexity index is 1450. The van der Waals surface area contributed by atoms with Crippen LogP contribution in [-0.4, -0.2) is 42.8 Å². The van der Waals surface area contributed by atoms with Gasteiger partial charge in [-0.2, -0.15) is 0 Å². The van der Waals surface area contributed by atoms with Gasteiger partial charge in [-0.05, 0) is 32.0 Å². The first-order chi connectivity index (χ1) is 17.0. The summed E-state index contributed by atoms with van der Waals surface area (Å²) in [6.45, 7) is -16.1. The highest BCUT2D eigenvalue weighted by Crippen LogP contribution is 2.27.